The zero-order chi connectivity index (χ0) is 19.8. The fourth-order valence-electron chi connectivity index (χ4n) is 2.92. The van der Waals surface area contributed by atoms with Gasteiger partial charge in [-0.05, 0) is 13.3 Å². The van der Waals surface area contributed by atoms with Crippen molar-refractivity contribution in [2.45, 2.75) is 97.8 Å². The van der Waals surface area contributed by atoms with Crippen LogP contribution in [0.1, 0.15) is 97.8 Å². The lowest BCUT2D eigenvalue weighted by Gasteiger charge is -2.23. The third-order valence-electron chi connectivity index (χ3n) is 4.79. The van der Waals surface area contributed by atoms with Gasteiger partial charge in [-0.15, -0.1) is 0 Å². The Morgan fingerprint density at radius 3 is 1.65 bits per heavy atom. The fourth-order valence-corrected chi connectivity index (χ4v) is 2.92. The molecule has 0 aliphatic heterocycles. The molecule has 0 fully saturated rings. The van der Waals surface area contributed by atoms with Gasteiger partial charge in [0.15, 0.2) is 0 Å². The maximum absolute atomic E-state index is 10.8. The van der Waals surface area contributed by atoms with Gasteiger partial charge in [0, 0.05) is 5.57 Å². The molecule has 0 aromatic carbocycles. The van der Waals surface area contributed by atoms with Crippen LogP contribution in [0.25, 0.3) is 0 Å². The number of aliphatic carboxylic acids is 2. The van der Waals surface area contributed by atoms with Crippen LogP contribution in [-0.2, 0) is 9.59 Å². The highest BCUT2D eigenvalue weighted by atomic mass is 16.4. The number of hydrogen-bond acceptors (Lipinski definition) is 2. The van der Waals surface area contributed by atoms with Crippen LogP contribution in [0.2, 0.25) is 0 Å². The van der Waals surface area contributed by atoms with E-state index in [4.69, 9.17) is 10.2 Å². The average Bonchev–Trinajstić information content (AvgIpc) is 2.61. The molecule has 0 amide bonds. The molecule has 0 bridgehead atoms. The highest BCUT2D eigenvalue weighted by Gasteiger charge is 2.34. The summed E-state index contributed by atoms with van der Waals surface area (Å²) in [6.45, 7) is 6.07. The third kappa shape index (κ3) is 11.1. The molecule has 26 heavy (non-hydrogen) atoms. The highest BCUT2D eigenvalue weighted by molar-refractivity contribution is 5.90. The van der Waals surface area contributed by atoms with Crippen molar-refractivity contribution in [3.05, 3.63) is 23.8 Å². The SMILES string of the molecule is CC1(C(=O)O)C=CC=C(C(=O)O)C1.CCCCCCCCCCCCC. The number of carboxylic acid groups (broad SMARTS) is 2. The predicted molar refractivity (Wildman–Crippen MR) is 107 cm³/mol. The van der Waals surface area contributed by atoms with E-state index in [-0.39, 0.29) is 12.0 Å². The Labute approximate surface area is 159 Å². The quantitative estimate of drug-likeness (QED) is 0.394. The smallest absolute Gasteiger partial charge is 0.331 e. The van der Waals surface area contributed by atoms with Gasteiger partial charge in [0.25, 0.3) is 0 Å². The second kappa shape index (κ2) is 14.6. The minimum absolute atomic E-state index is 0.0359. The van der Waals surface area contributed by atoms with E-state index in [0.717, 1.165) is 0 Å². The van der Waals surface area contributed by atoms with Gasteiger partial charge in [0.05, 0.1) is 5.41 Å². The van der Waals surface area contributed by atoms with Crippen LogP contribution in [-0.4, -0.2) is 22.2 Å². The Kier molecular flexibility index (Phi) is 13.7. The molecule has 1 atom stereocenters. The van der Waals surface area contributed by atoms with Crippen molar-refractivity contribution in [2.24, 2.45) is 5.41 Å². The van der Waals surface area contributed by atoms with Crippen molar-refractivity contribution in [2.75, 3.05) is 0 Å². The molecule has 0 saturated heterocycles. The van der Waals surface area contributed by atoms with Crippen molar-refractivity contribution in [1.29, 1.82) is 0 Å². The fraction of sp³-hybridized carbons (Fsp3) is 0.727. The van der Waals surface area contributed by atoms with E-state index < -0.39 is 17.4 Å². The van der Waals surface area contributed by atoms with Gasteiger partial charge in [0.1, 0.15) is 0 Å². The van der Waals surface area contributed by atoms with Gasteiger partial charge in [0.2, 0.25) is 0 Å². The van der Waals surface area contributed by atoms with Crippen LogP contribution in [0.3, 0.4) is 0 Å². The molecule has 0 spiro atoms. The number of unbranched alkanes of at least 4 members (excludes halogenated alkanes) is 10. The Balaban J connectivity index is 0.000000481. The van der Waals surface area contributed by atoms with Crippen molar-refractivity contribution in [3.63, 3.8) is 0 Å². The van der Waals surface area contributed by atoms with Gasteiger partial charge in [-0.1, -0.05) is 103 Å². The average molecular weight is 367 g/mol. The minimum atomic E-state index is -1.08. The first-order chi connectivity index (χ1) is 12.4. The second-order valence-corrected chi connectivity index (χ2v) is 7.44. The van der Waals surface area contributed by atoms with Crippen LogP contribution in [0, 0.1) is 5.41 Å². The predicted octanol–water partition coefficient (Wildman–Crippen LogP) is 6.37. The normalized spacial score (nSPS) is 18.7. The summed E-state index contributed by atoms with van der Waals surface area (Å²) in [7, 11) is 0. The van der Waals surface area contributed by atoms with Crippen LogP contribution >= 0.6 is 0 Å². The Morgan fingerprint density at radius 1 is 0.885 bits per heavy atom. The maximum Gasteiger partial charge on any atom is 0.331 e. The van der Waals surface area contributed by atoms with Crippen molar-refractivity contribution < 1.29 is 19.8 Å². The molecule has 0 aromatic heterocycles. The molecule has 2 N–H and O–H groups in total. The zero-order valence-corrected chi connectivity index (χ0v) is 16.9. The lowest BCUT2D eigenvalue weighted by Crippen LogP contribution is -2.28. The molecule has 0 heterocycles. The molecule has 1 aliphatic rings. The summed E-state index contributed by atoms with van der Waals surface area (Å²) >= 11 is 0. The number of hydrogen-bond donors (Lipinski definition) is 2. The highest BCUT2D eigenvalue weighted by Crippen LogP contribution is 2.31. The summed E-state index contributed by atoms with van der Waals surface area (Å²) in [5, 5.41) is 17.5. The Morgan fingerprint density at radius 2 is 1.31 bits per heavy atom. The third-order valence-corrected chi connectivity index (χ3v) is 4.79. The molecule has 4 heteroatoms. The molecule has 0 aromatic rings. The van der Waals surface area contributed by atoms with E-state index in [2.05, 4.69) is 13.8 Å². The number of carboxylic acids is 2. The molecule has 1 aliphatic carbocycles. The summed E-state index contributed by atoms with van der Waals surface area (Å²) in [6, 6.07) is 0. The van der Waals surface area contributed by atoms with E-state index in [1.807, 2.05) is 0 Å². The molecule has 4 nitrogen and oxygen atoms in total. The first-order valence-corrected chi connectivity index (χ1v) is 10.2. The van der Waals surface area contributed by atoms with Crippen molar-refractivity contribution in [3.8, 4) is 0 Å². The van der Waals surface area contributed by atoms with E-state index in [9.17, 15) is 9.59 Å². The largest absolute Gasteiger partial charge is 0.481 e. The van der Waals surface area contributed by atoms with Gasteiger partial charge >= 0.3 is 11.9 Å². The van der Waals surface area contributed by atoms with E-state index >= 15 is 0 Å². The van der Waals surface area contributed by atoms with Crippen LogP contribution in [0.5, 0.6) is 0 Å². The lowest BCUT2D eigenvalue weighted by atomic mass is 9.80. The summed E-state index contributed by atoms with van der Waals surface area (Å²) < 4.78 is 0. The molecule has 150 valence electrons. The van der Waals surface area contributed by atoms with Gasteiger partial charge in [-0.25, -0.2) is 4.79 Å². The first-order valence-electron chi connectivity index (χ1n) is 10.2. The second-order valence-electron chi connectivity index (χ2n) is 7.44. The minimum Gasteiger partial charge on any atom is -0.481 e. The molecule has 1 rings (SSSR count). The van der Waals surface area contributed by atoms with E-state index in [1.165, 1.54) is 95.8 Å². The molecular weight excluding hydrogens is 328 g/mol. The molecule has 0 saturated carbocycles. The van der Waals surface area contributed by atoms with Crippen molar-refractivity contribution in [1.82, 2.24) is 0 Å². The summed E-state index contributed by atoms with van der Waals surface area (Å²) in [5.74, 6) is -2.06. The monoisotopic (exact) mass is 366 g/mol. The maximum atomic E-state index is 10.8. The van der Waals surface area contributed by atoms with Gasteiger partial charge < -0.3 is 10.2 Å². The van der Waals surface area contributed by atoms with Crippen LogP contribution in [0.4, 0.5) is 0 Å². The number of allylic oxidation sites excluding steroid dienone is 2. The summed E-state index contributed by atoms with van der Waals surface area (Å²) in [4.78, 5) is 21.3. The number of rotatable bonds is 12. The van der Waals surface area contributed by atoms with Crippen molar-refractivity contribution >= 4 is 11.9 Å². The lowest BCUT2D eigenvalue weighted by molar-refractivity contribution is -0.145. The van der Waals surface area contributed by atoms with E-state index in [0.29, 0.717) is 0 Å². The summed E-state index contributed by atoms with van der Waals surface area (Å²) in [6.07, 6.45) is 20.4. The van der Waals surface area contributed by atoms with Gasteiger partial charge in [-0.2, -0.15) is 0 Å². The first kappa shape index (κ1) is 24.4. The van der Waals surface area contributed by atoms with Gasteiger partial charge in [-0.3, -0.25) is 4.79 Å². The molecule has 0 radical (unpaired) electrons. The molecular formula is C22H38O4. The standard InChI is InChI=1S/C13H28.C9H10O4/c1-3-5-7-9-11-13-12-10-8-6-4-2;1-9(8(12)13)4-2-3-6(5-9)7(10)11/h3-13H2,1-2H3;2-4H,5H2,1H3,(H,10,11)(H,12,13). The zero-order valence-electron chi connectivity index (χ0n) is 16.9. The van der Waals surface area contributed by atoms with Crippen LogP contribution < -0.4 is 0 Å². The van der Waals surface area contributed by atoms with E-state index in [1.54, 1.807) is 0 Å². The summed E-state index contributed by atoms with van der Waals surface area (Å²) in [5.41, 5.74) is -0.949. The topological polar surface area (TPSA) is 74.6 Å². The number of carbonyl (C=O) groups is 2. The Hall–Kier alpha value is -1.58. The Bertz CT molecular complexity index is 455. The molecule has 1 unspecified atom stereocenters. The van der Waals surface area contributed by atoms with Crippen LogP contribution in [0.15, 0.2) is 23.8 Å².